The van der Waals surface area contributed by atoms with E-state index in [-0.39, 0.29) is 0 Å². The topological polar surface area (TPSA) is 39.1 Å². The molecule has 0 bridgehead atoms. The number of methoxy groups -OCH3 is 1. The zero-order valence-corrected chi connectivity index (χ0v) is 19.1. The molecule has 1 N–H and O–H groups in total. The third-order valence-corrected chi connectivity index (χ3v) is 5.81. The second-order valence-electron chi connectivity index (χ2n) is 7.15. The Kier molecular flexibility index (Phi) is 6.72. The monoisotopic (exact) mass is 483 g/mol. The molecule has 6 heteroatoms. The van der Waals surface area contributed by atoms with Crippen LogP contribution in [0.4, 0.5) is 0 Å². The van der Waals surface area contributed by atoms with E-state index in [0.717, 1.165) is 50.6 Å². The number of ether oxygens (including phenoxy) is 1. The van der Waals surface area contributed by atoms with Crippen molar-refractivity contribution in [2.45, 2.75) is 19.5 Å². The van der Waals surface area contributed by atoms with Crippen molar-refractivity contribution >= 4 is 38.6 Å². The Balaban J connectivity index is 1.53. The van der Waals surface area contributed by atoms with Gasteiger partial charge < -0.3 is 14.6 Å². The van der Waals surface area contributed by atoms with E-state index in [4.69, 9.17) is 21.3 Å². The average Bonchev–Trinajstić information content (AvgIpc) is 3.09. The summed E-state index contributed by atoms with van der Waals surface area (Å²) in [4.78, 5) is 4.88. The number of fused-ring (bicyclic) bond motifs is 1. The Labute approximate surface area is 190 Å². The smallest absolute Gasteiger partial charge is 0.124 e. The van der Waals surface area contributed by atoms with E-state index in [2.05, 4.69) is 62.2 Å². The maximum Gasteiger partial charge on any atom is 0.124 e. The average molecular weight is 485 g/mol. The number of rotatable bonds is 8. The number of benzene rings is 3. The van der Waals surface area contributed by atoms with Gasteiger partial charge in [-0.1, -0.05) is 51.8 Å². The minimum atomic E-state index is 0.689. The molecule has 4 aromatic rings. The minimum absolute atomic E-state index is 0.689. The predicted octanol–water partition coefficient (Wildman–Crippen LogP) is 5.84. The first-order valence-corrected chi connectivity index (χ1v) is 11.0. The van der Waals surface area contributed by atoms with Gasteiger partial charge in [0.2, 0.25) is 0 Å². The summed E-state index contributed by atoms with van der Waals surface area (Å²) in [6, 6.07) is 22.4. The molecule has 0 aliphatic heterocycles. The molecule has 0 aliphatic carbocycles. The molecule has 0 saturated carbocycles. The van der Waals surface area contributed by atoms with Crippen molar-refractivity contribution in [2.24, 2.45) is 0 Å². The molecule has 0 spiro atoms. The normalized spacial score (nSPS) is 11.2. The van der Waals surface area contributed by atoms with E-state index in [1.54, 1.807) is 7.11 Å². The summed E-state index contributed by atoms with van der Waals surface area (Å²) in [6.45, 7) is 2.28. The Morgan fingerprint density at radius 1 is 1.03 bits per heavy atom. The summed E-state index contributed by atoms with van der Waals surface area (Å²) in [5.41, 5.74) is 4.47. The van der Waals surface area contributed by atoms with Crippen LogP contribution in [0.2, 0.25) is 5.02 Å². The number of hydrogen-bond donors (Lipinski definition) is 1. The minimum Gasteiger partial charge on any atom is -0.497 e. The van der Waals surface area contributed by atoms with Gasteiger partial charge in [0.15, 0.2) is 0 Å². The van der Waals surface area contributed by atoms with Gasteiger partial charge in [0.25, 0.3) is 0 Å². The van der Waals surface area contributed by atoms with Crippen LogP contribution in [0.3, 0.4) is 0 Å². The summed E-state index contributed by atoms with van der Waals surface area (Å²) < 4.78 is 8.72. The summed E-state index contributed by atoms with van der Waals surface area (Å²) in [6.07, 6.45) is 0.968. The SMILES string of the molecule is COc1ccc2c(c1)nc(CNCCc1ccc(Br)cc1)n2Cc1cccc(Cl)c1. The van der Waals surface area contributed by atoms with E-state index < -0.39 is 0 Å². The van der Waals surface area contributed by atoms with Gasteiger partial charge in [-0.2, -0.15) is 0 Å². The van der Waals surface area contributed by atoms with E-state index in [1.165, 1.54) is 5.56 Å². The van der Waals surface area contributed by atoms with Gasteiger partial charge in [0, 0.05) is 22.1 Å². The van der Waals surface area contributed by atoms with E-state index in [1.807, 2.05) is 30.3 Å². The lowest BCUT2D eigenvalue weighted by Gasteiger charge is -2.11. The van der Waals surface area contributed by atoms with Crippen LogP contribution in [-0.2, 0) is 19.5 Å². The van der Waals surface area contributed by atoms with Crippen molar-refractivity contribution in [2.75, 3.05) is 13.7 Å². The quantitative estimate of drug-likeness (QED) is 0.319. The molecule has 0 aliphatic rings. The molecule has 3 aromatic carbocycles. The number of nitrogens with zero attached hydrogens (tertiary/aromatic N) is 2. The van der Waals surface area contributed by atoms with Crippen LogP contribution in [0.25, 0.3) is 11.0 Å². The molecule has 0 radical (unpaired) electrons. The molecule has 0 amide bonds. The van der Waals surface area contributed by atoms with Gasteiger partial charge in [-0.05, 0) is 60.5 Å². The molecule has 4 nitrogen and oxygen atoms in total. The van der Waals surface area contributed by atoms with Crippen molar-refractivity contribution < 1.29 is 4.74 Å². The standard InChI is InChI=1S/C24H23BrClN3O/c1-30-21-9-10-23-22(14-21)28-24(29(23)16-18-3-2-4-20(26)13-18)15-27-12-11-17-5-7-19(25)8-6-17/h2-10,13-14,27H,11-12,15-16H2,1H3. The van der Waals surface area contributed by atoms with Crippen LogP contribution in [0, 0.1) is 0 Å². The number of nitrogens with one attached hydrogen (secondary N) is 1. The molecular weight excluding hydrogens is 462 g/mol. The van der Waals surface area contributed by atoms with Gasteiger partial charge in [-0.15, -0.1) is 0 Å². The van der Waals surface area contributed by atoms with E-state index in [0.29, 0.717) is 13.1 Å². The predicted molar refractivity (Wildman–Crippen MR) is 126 cm³/mol. The highest BCUT2D eigenvalue weighted by Gasteiger charge is 2.12. The van der Waals surface area contributed by atoms with Gasteiger partial charge >= 0.3 is 0 Å². The van der Waals surface area contributed by atoms with E-state index in [9.17, 15) is 0 Å². The lowest BCUT2D eigenvalue weighted by molar-refractivity contribution is 0.415. The molecule has 0 saturated heterocycles. The van der Waals surface area contributed by atoms with Crippen molar-refractivity contribution in [1.82, 2.24) is 14.9 Å². The zero-order valence-electron chi connectivity index (χ0n) is 16.7. The first-order chi connectivity index (χ1) is 14.6. The van der Waals surface area contributed by atoms with Crippen LogP contribution in [0.15, 0.2) is 71.2 Å². The second kappa shape index (κ2) is 9.65. The summed E-state index contributed by atoms with van der Waals surface area (Å²) in [5.74, 6) is 1.80. The molecule has 154 valence electrons. The maximum absolute atomic E-state index is 6.20. The van der Waals surface area contributed by atoms with Crippen molar-refractivity contribution in [3.8, 4) is 5.75 Å². The first kappa shape index (κ1) is 20.9. The summed E-state index contributed by atoms with van der Waals surface area (Å²) in [5, 5.41) is 4.28. The Bertz CT molecular complexity index is 1140. The van der Waals surface area contributed by atoms with Crippen molar-refractivity contribution in [1.29, 1.82) is 0 Å². The van der Waals surface area contributed by atoms with Crippen LogP contribution in [-0.4, -0.2) is 23.2 Å². The molecule has 1 aromatic heterocycles. The van der Waals surface area contributed by atoms with Gasteiger partial charge in [0.05, 0.1) is 24.7 Å². The third-order valence-electron chi connectivity index (χ3n) is 5.05. The molecule has 30 heavy (non-hydrogen) atoms. The Hall–Kier alpha value is -2.34. The van der Waals surface area contributed by atoms with Crippen LogP contribution in [0.5, 0.6) is 5.75 Å². The Morgan fingerprint density at radius 2 is 1.87 bits per heavy atom. The number of hydrogen-bond acceptors (Lipinski definition) is 3. The highest BCUT2D eigenvalue weighted by atomic mass is 79.9. The molecule has 0 atom stereocenters. The number of aromatic nitrogens is 2. The van der Waals surface area contributed by atoms with Crippen molar-refractivity contribution in [3.63, 3.8) is 0 Å². The fourth-order valence-corrected chi connectivity index (χ4v) is 3.98. The molecular formula is C24H23BrClN3O. The van der Waals surface area contributed by atoms with Crippen molar-refractivity contribution in [3.05, 3.63) is 93.2 Å². The number of halogens is 2. The fourth-order valence-electron chi connectivity index (χ4n) is 3.50. The maximum atomic E-state index is 6.20. The molecule has 0 fully saturated rings. The molecule has 0 unspecified atom stereocenters. The lowest BCUT2D eigenvalue weighted by Crippen LogP contribution is -2.20. The van der Waals surface area contributed by atoms with Crippen LogP contribution >= 0.6 is 27.5 Å². The van der Waals surface area contributed by atoms with Gasteiger partial charge in [0.1, 0.15) is 11.6 Å². The fraction of sp³-hybridized carbons (Fsp3) is 0.208. The summed E-state index contributed by atoms with van der Waals surface area (Å²) in [7, 11) is 1.68. The molecule has 4 rings (SSSR count). The lowest BCUT2D eigenvalue weighted by atomic mass is 10.1. The highest BCUT2D eigenvalue weighted by Crippen LogP contribution is 2.23. The zero-order chi connectivity index (χ0) is 20.9. The number of imidazole rings is 1. The van der Waals surface area contributed by atoms with Crippen LogP contribution in [0.1, 0.15) is 17.0 Å². The first-order valence-electron chi connectivity index (χ1n) is 9.85. The van der Waals surface area contributed by atoms with Gasteiger partial charge in [-0.3, -0.25) is 0 Å². The highest BCUT2D eigenvalue weighted by molar-refractivity contribution is 9.10. The van der Waals surface area contributed by atoms with Gasteiger partial charge in [-0.25, -0.2) is 4.98 Å². The second-order valence-corrected chi connectivity index (χ2v) is 8.50. The van der Waals surface area contributed by atoms with E-state index >= 15 is 0 Å². The summed E-state index contributed by atoms with van der Waals surface area (Å²) >= 11 is 9.68. The third kappa shape index (κ3) is 5.04. The molecule has 1 heterocycles. The Morgan fingerprint density at radius 3 is 2.63 bits per heavy atom. The largest absolute Gasteiger partial charge is 0.497 e. The van der Waals surface area contributed by atoms with Crippen LogP contribution < -0.4 is 10.1 Å².